The standard InChI is InChI=1S/C17H33N/c1-4-5-14-6-7-15(12-18-17-8-9-17)16(11-14)10-13(2)3/h13-18H,4-12H2,1-3H3. The molecule has 0 aromatic heterocycles. The third-order valence-electron chi connectivity index (χ3n) is 4.97. The Morgan fingerprint density at radius 1 is 1.06 bits per heavy atom. The van der Waals surface area contributed by atoms with Crippen molar-refractivity contribution in [1.29, 1.82) is 0 Å². The van der Waals surface area contributed by atoms with Gasteiger partial charge in [0.15, 0.2) is 0 Å². The van der Waals surface area contributed by atoms with E-state index in [0.29, 0.717) is 0 Å². The molecule has 2 rings (SSSR count). The molecule has 2 aliphatic carbocycles. The minimum Gasteiger partial charge on any atom is -0.314 e. The molecule has 0 saturated heterocycles. The maximum Gasteiger partial charge on any atom is 0.00683 e. The predicted octanol–water partition coefficient (Wildman–Crippen LogP) is 4.62. The minimum atomic E-state index is 0.874. The van der Waals surface area contributed by atoms with E-state index < -0.39 is 0 Å². The highest BCUT2D eigenvalue weighted by molar-refractivity contribution is 4.86. The molecule has 2 aliphatic rings. The van der Waals surface area contributed by atoms with E-state index in [0.717, 1.165) is 29.7 Å². The van der Waals surface area contributed by atoms with E-state index in [4.69, 9.17) is 0 Å². The van der Waals surface area contributed by atoms with Gasteiger partial charge < -0.3 is 5.32 Å². The number of hydrogen-bond donors (Lipinski definition) is 1. The molecule has 0 aromatic rings. The molecular weight excluding hydrogens is 218 g/mol. The van der Waals surface area contributed by atoms with Gasteiger partial charge in [0.05, 0.1) is 0 Å². The largest absolute Gasteiger partial charge is 0.314 e. The van der Waals surface area contributed by atoms with Crippen LogP contribution >= 0.6 is 0 Å². The summed E-state index contributed by atoms with van der Waals surface area (Å²) in [5.74, 6) is 3.89. The quantitative estimate of drug-likeness (QED) is 0.696. The molecule has 106 valence electrons. The van der Waals surface area contributed by atoms with Crippen LogP contribution in [0.25, 0.3) is 0 Å². The third-order valence-corrected chi connectivity index (χ3v) is 4.97. The third kappa shape index (κ3) is 4.57. The first-order valence-electron chi connectivity index (χ1n) is 8.42. The van der Waals surface area contributed by atoms with E-state index in [1.807, 2.05) is 0 Å². The highest BCUT2D eigenvalue weighted by Crippen LogP contribution is 2.39. The van der Waals surface area contributed by atoms with Gasteiger partial charge in [-0.3, -0.25) is 0 Å². The maximum atomic E-state index is 3.78. The second-order valence-electron chi connectivity index (χ2n) is 7.30. The van der Waals surface area contributed by atoms with Crippen molar-refractivity contribution in [2.24, 2.45) is 23.7 Å². The lowest BCUT2D eigenvalue weighted by Gasteiger charge is -2.37. The van der Waals surface area contributed by atoms with Gasteiger partial charge >= 0.3 is 0 Å². The smallest absolute Gasteiger partial charge is 0.00683 e. The van der Waals surface area contributed by atoms with Crippen LogP contribution in [-0.2, 0) is 0 Å². The molecule has 0 aliphatic heterocycles. The molecule has 0 spiro atoms. The summed E-state index contributed by atoms with van der Waals surface area (Å²) in [4.78, 5) is 0. The Morgan fingerprint density at radius 2 is 1.83 bits per heavy atom. The Morgan fingerprint density at radius 3 is 2.44 bits per heavy atom. The van der Waals surface area contributed by atoms with Gasteiger partial charge in [0.2, 0.25) is 0 Å². The molecule has 3 atom stereocenters. The first-order chi connectivity index (χ1) is 8.69. The summed E-state index contributed by atoms with van der Waals surface area (Å²) in [6, 6.07) is 0.887. The van der Waals surface area contributed by atoms with Crippen LogP contribution in [-0.4, -0.2) is 12.6 Å². The second-order valence-corrected chi connectivity index (χ2v) is 7.30. The van der Waals surface area contributed by atoms with Crippen molar-refractivity contribution < 1.29 is 0 Å². The van der Waals surface area contributed by atoms with Crippen molar-refractivity contribution in [3.63, 3.8) is 0 Å². The molecule has 18 heavy (non-hydrogen) atoms. The summed E-state index contributed by atoms with van der Waals surface area (Å²) in [5, 5.41) is 3.78. The van der Waals surface area contributed by atoms with Gasteiger partial charge in [0.25, 0.3) is 0 Å². The van der Waals surface area contributed by atoms with Gasteiger partial charge in [-0.15, -0.1) is 0 Å². The van der Waals surface area contributed by atoms with Crippen molar-refractivity contribution in [2.45, 2.75) is 78.2 Å². The van der Waals surface area contributed by atoms with E-state index in [9.17, 15) is 0 Å². The number of nitrogens with one attached hydrogen (secondary N) is 1. The minimum absolute atomic E-state index is 0.874. The van der Waals surface area contributed by atoms with Gasteiger partial charge in [0, 0.05) is 6.04 Å². The van der Waals surface area contributed by atoms with Crippen molar-refractivity contribution in [3.8, 4) is 0 Å². The lowest BCUT2D eigenvalue weighted by Crippen LogP contribution is -2.34. The average Bonchev–Trinajstić information content (AvgIpc) is 3.11. The van der Waals surface area contributed by atoms with E-state index >= 15 is 0 Å². The molecule has 0 bridgehead atoms. The fourth-order valence-corrected chi connectivity index (χ4v) is 3.86. The maximum absolute atomic E-state index is 3.78. The zero-order chi connectivity index (χ0) is 13.0. The van der Waals surface area contributed by atoms with Crippen LogP contribution < -0.4 is 5.32 Å². The van der Waals surface area contributed by atoms with E-state index in [1.54, 1.807) is 0 Å². The zero-order valence-corrected chi connectivity index (χ0v) is 12.8. The molecule has 3 unspecified atom stereocenters. The zero-order valence-electron chi connectivity index (χ0n) is 12.8. The Balaban J connectivity index is 1.81. The van der Waals surface area contributed by atoms with Gasteiger partial charge in [-0.05, 0) is 62.3 Å². The van der Waals surface area contributed by atoms with Crippen LogP contribution in [0.4, 0.5) is 0 Å². The van der Waals surface area contributed by atoms with E-state index in [1.165, 1.54) is 57.9 Å². The van der Waals surface area contributed by atoms with Gasteiger partial charge in [0.1, 0.15) is 0 Å². The molecule has 1 heteroatoms. The monoisotopic (exact) mass is 251 g/mol. The van der Waals surface area contributed by atoms with Crippen molar-refractivity contribution in [3.05, 3.63) is 0 Å². The van der Waals surface area contributed by atoms with E-state index in [2.05, 4.69) is 26.1 Å². The fourth-order valence-electron chi connectivity index (χ4n) is 3.86. The molecule has 1 nitrogen and oxygen atoms in total. The summed E-state index contributed by atoms with van der Waals surface area (Å²) < 4.78 is 0. The Kier molecular flexibility index (Phi) is 5.54. The summed E-state index contributed by atoms with van der Waals surface area (Å²) >= 11 is 0. The van der Waals surface area contributed by atoms with Crippen molar-refractivity contribution in [2.75, 3.05) is 6.54 Å². The molecular formula is C17H33N. The lowest BCUT2D eigenvalue weighted by molar-refractivity contribution is 0.146. The molecule has 2 saturated carbocycles. The van der Waals surface area contributed by atoms with E-state index in [-0.39, 0.29) is 0 Å². The van der Waals surface area contributed by atoms with Crippen LogP contribution in [0.15, 0.2) is 0 Å². The summed E-state index contributed by atoms with van der Waals surface area (Å²) in [6.07, 6.45) is 11.7. The van der Waals surface area contributed by atoms with Crippen molar-refractivity contribution >= 4 is 0 Å². The highest BCUT2D eigenvalue weighted by Gasteiger charge is 2.31. The second kappa shape index (κ2) is 6.93. The van der Waals surface area contributed by atoms with Crippen LogP contribution in [0, 0.1) is 23.7 Å². The van der Waals surface area contributed by atoms with Gasteiger partial charge in [-0.2, -0.15) is 0 Å². The van der Waals surface area contributed by atoms with Gasteiger partial charge in [-0.25, -0.2) is 0 Å². The van der Waals surface area contributed by atoms with Crippen LogP contribution in [0.3, 0.4) is 0 Å². The summed E-state index contributed by atoms with van der Waals surface area (Å²) in [5.41, 5.74) is 0. The first kappa shape index (κ1) is 14.4. The van der Waals surface area contributed by atoms with Crippen molar-refractivity contribution in [1.82, 2.24) is 5.32 Å². The van der Waals surface area contributed by atoms with Gasteiger partial charge in [-0.1, -0.05) is 40.0 Å². The van der Waals surface area contributed by atoms with Crippen LogP contribution in [0.5, 0.6) is 0 Å². The Bertz CT molecular complexity index is 232. The fraction of sp³-hybridized carbons (Fsp3) is 1.00. The molecule has 0 heterocycles. The molecule has 0 aromatic carbocycles. The highest BCUT2D eigenvalue weighted by atomic mass is 14.9. The molecule has 1 N–H and O–H groups in total. The summed E-state index contributed by atoms with van der Waals surface area (Å²) in [6.45, 7) is 8.45. The Hall–Kier alpha value is -0.0400. The molecule has 2 fully saturated rings. The average molecular weight is 251 g/mol. The number of rotatable bonds is 7. The molecule has 0 amide bonds. The normalized spacial score (nSPS) is 33.0. The lowest BCUT2D eigenvalue weighted by atomic mass is 9.70. The number of hydrogen-bond acceptors (Lipinski definition) is 1. The van der Waals surface area contributed by atoms with Crippen LogP contribution in [0.2, 0.25) is 0 Å². The SMILES string of the molecule is CCCC1CCC(CNC2CC2)C(CC(C)C)C1. The topological polar surface area (TPSA) is 12.0 Å². The van der Waals surface area contributed by atoms with Crippen LogP contribution in [0.1, 0.15) is 72.1 Å². The summed E-state index contributed by atoms with van der Waals surface area (Å²) in [7, 11) is 0. The predicted molar refractivity (Wildman–Crippen MR) is 79.7 cm³/mol. The first-order valence-corrected chi connectivity index (χ1v) is 8.42. The Labute approximate surface area is 114 Å². The molecule has 0 radical (unpaired) electrons.